The lowest BCUT2D eigenvalue weighted by atomic mass is 10.3. The molecular weight excluding hydrogens is 264 g/mol. The van der Waals surface area contributed by atoms with Crippen molar-refractivity contribution in [3.05, 3.63) is 60.0 Å². The topological polar surface area (TPSA) is 95.4 Å². The second-order valence-corrected chi connectivity index (χ2v) is 5.60. The lowest BCUT2D eigenvalue weighted by molar-refractivity contribution is 0.444. The maximum Gasteiger partial charge on any atom is 0.238 e. The van der Waals surface area contributed by atoms with Crippen LogP contribution in [0.1, 0.15) is 6.42 Å². The zero-order valence-electron chi connectivity index (χ0n) is 10.1. The molecule has 0 saturated carbocycles. The molecule has 0 amide bonds. The quantitative estimate of drug-likeness (QED) is 0.873. The SMILES string of the molecule is NC1=CC=C(Oc2ccc(S(N)(=O)=O)cc2)C=CC1. The highest BCUT2D eigenvalue weighted by molar-refractivity contribution is 7.89. The molecule has 0 bridgehead atoms. The van der Waals surface area contributed by atoms with Crippen LogP contribution in [0, 0.1) is 0 Å². The molecule has 0 saturated heterocycles. The van der Waals surface area contributed by atoms with Crippen LogP contribution < -0.4 is 15.6 Å². The Balaban J connectivity index is 2.17. The summed E-state index contributed by atoms with van der Waals surface area (Å²) in [4.78, 5) is 0.0504. The molecule has 1 aliphatic carbocycles. The van der Waals surface area contributed by atoms with Crippen LogP contribution in [0.2, 0.25) is 0 Å². The highest BCUT2D eigenvalue weighted by Crippen LogP contribution is 2.19. The van der Waals surface area contributed by atoms with Crippen molar-refractivity contribution in [3.63, 3.8) is 0 Å². The molecular formula is C13H14N2O3S. The molecule has 0 spiro atoms. The van der Waals surface area contributed by atoms with Gasteiger partial charge in [0.05, 0.1) is 4.90 Å². The van der Waals surface area contributed by atoms with Gasteiger partial charge >= 0.3 is 0 Å². The van der Waals surface area contributed by atoms with E-state index in [0.717, 1.165) is 5.70 Å². The first kappa shape index (κ1) is 13.4. The highest BCUT2D eigenvalue weighted by Gasteiger charge is 2.07. The lowest BCUT2D eigenvalue weighted by Gasteiger charge is -2.06. The second kappa shape index (κ2) is 5.29. The summed E-state index contributed by atoms with van der Waals surface area (Å²) in [5, 5.41) is 5.01. The van der Waals surface area contributed by atoms with E-state index in [9.17, 15) is 8.42 Å². The van der Waals surface area contributed by atoms with E-state index in [1.165, 1.54) is 12.1 Å². The largest absolute Gasteiger partial charge is 0.457 e. The standard InChI is InChI=1S/C13H14N2O3S/c14-10-2-1-3-11(5-4-10)18-12-6-8-13(9-7-12)19(15,16)17/h1,3-9H,2,14H2,(H2,15,16,17). The van der Waals surface area contributed by atoms with Crippen LogP contribution in [0.25, 0.3) is 0 Å². The number of primary sulfonamides is 1. The minimum Gasteiger partial charge on any atom is -0.457 e. The summed E-state index contributed by atoms with van der Waals surface area (Å²) in [5.74, 6) is 1.15. The normalized spacial score (nSPS) is 15.4. The summed E-state index contributed by atoms with van der Waals surface area (Å²) in [7, 11) is -3.68. The Bertz CT molecular complexity index is 656. The maximum atomic E-state index is 11.1. The lowest BCUT2D eigenvalue weighted by Crippen LogP contribution is -2.11. The van der Waals surface area contributed by atoms with Crippen LogP contribution in [0.3, 0.4) is 0 Å². The van der Waals surface area contributed by atoms with Crippen molar-refractivity contribution in [2.24, 2.45) is 10.9 Å². The fraction of sp³-hybridized carbons (Fsp3) is 0.0769. The predicted molar refractivity (Wildman–Crippen MR) is 72.6 cm³/mol. The van der Waals surface area contributed by atoms with Gasteiger partial charge in [-0.2, -0.15) is 0 Å². The number of sulfonamides is 1. The Morgan fingerprint density at radius 2 is 1.79 bits per heavy atom. The van der Waals surface area contributed by atoms with Crippen molar-refractivity contribution < 1.29 is 13.2 Å². The second-order valence-electron chi connectivity index (χ2n) is 4.04. The minimum atomic E-state index is -3.68. The van der Waals surface area contributed by atoms with Crippen LogP contribution in [-0.4, -0.2) is 8.42 Å². The Labute approximate surface area is 111 Å². The zero-order valence-corrected chi connectivity index (χ0v) is 10.9. The van der Waals surface area contributed by atoms with Crippen molar-refractivity contribution in [1.29, 1.82) is 0 Å². The summed E-state index contributed by atoms with van der Waals surface area (Å²) in [5.41, 5.74) is 6.44. The van der Waals surface area contributed by atoms with Gasteiger partial charge in [-0.3, -0.25) is 0 Å². The molecule has 0 radical (unpaired) electrons. The van der Waals surface area contributed by atoms with E-state index in [0.29, 0.717) is 17.9 Å². The van der Waals surface area contributed by atoms with Gasteiger partial charge in [0, 0.05) is 12.1 Å². The summed E-state index contributed by atoms with van der Waals surface area (Å²) in [6, 6.07) is 5.89. The fourth-order valence-corrected chi connectivity index (χ4v) is 2.04. The first-order valence-electron chi connectivity index (χ1n) is 5.59. The number of rotatable bonds is 3. The monoisotopic (exact) mass is 278 g/mol. The van der Waals surface area contributed by atoms with E-state index in [4.69, 9.17) is 15.6 Å². The zero-order chi connectivity index (χ0) is 13.9. The molecule has 0 aromatic heterocycles. The Kier molecular flexibility index (Phi) is 3.73. The van der Waals surface area contributed by atoms with Gasteiger partial charge in [-0.25, -0.2) is 13.6 Å². The Hall–Kier alpha value is -2.05. The first-order valence-corrected chi connectivity index (χ1v) is 7.13. The Morgan fingerprint density at radius 3 is 2.42 bits per heavy atom. The third-order valence-electron chi connectivity index (χ3n) is 2.49. The maximum absolute atomic E-state index is 11.1. The Morgan fingerprint density at radius 1 is 1.11 bits per heavy atom. The van der Waals surface area contributed by atoms with Gasteiger partial charge in [-0.15, -0.1) is 0 Å². The van der Waals surface area contributed by atoms with Crippen LogP contribution in [-0.2, 0) is 10.0 Å². The third kappa shape index (κ3) is 3.70. The molecule has 0 atom stereocenters. The minimum absolute atomic E-state index is 0.0504. The molecule has 1 aromatic carbocycles. The number of hydrogen-bond donors (Lipinski definition) is 2. The van der Waals surface area contributed by atoms with Crippen LogP contribution in [0.5, 0.6) is 5.75 Å². The number of benzene rings is 1. The van der Waals surface area contributed by atoms with Crippen molar-refractivity contribution >= 4 is 10.0 Å². The number of nitrogens with two attached hydrogens (primary N) is 2. The van der Waals surface area contributed by atoms with Crippen LogP contribution in [0.4, 0.5) is 0 Å². The van der Waals surface area contributed by atoms with E-state index in [1.807, 2.05) is 12.2 Å². The number of hydrogen-bond acceptors (Lipinski definition) is 4. The molecule has 19 heavy (non-hydrogen) atoms. The molecule has 0 unspecified atom stereocenters. The molecule has 5 nitrogen and oxygen atoms in total. The van der Waals surface area contributed by atoms with E-state index in [1.54, 1.807) is 24.3 Å². The van der Waals surface area contributed by atoms with Crippen molar-refractivity contribution in [2.75, 3.05) is 0 Å². The average Bonchev–Trinajstić information content (AvgIpc) is 2.54. The van der Waals surface area contributed by atoms with Gasteiger partial charge in [0.15, 0.2) is 0 Å². The van der Waals surface area contributed by atoms with Gasteiger partial charge in [0.25, 0.3) is 0 Å². The first-order chi connectivity index (χ1) is 8.95. The molecule has 1 aliphatic rings. The fourth-order valence-electron chi connectivity index (χ4n) is 1.53. The summed E-state index contributed by atoms with van der Waals surface area (Å²) >= 11 is 0. The molecule has 100 valence electrons. The van der Waals surface area contributed by atoms with Crippen molar-refractivity contribution in [1.82, 2.24) is 0 Å². The van der Waals surface area contributed by atoms with Gasteiger partial charge in [0.2, 0.25) is 10.0 Å². The molecule has 6 heteroatoms. The van der Waals surface area contributed by atoms with Gasteiger partial charge < -0.3 is 10.5 Å². The summed E-state index contributed by atoms with van der Waals surface area (Å²) in [6.45, 7) is 0. The van der Waals surface area contributed by atoms with Gasteiger partial charge in [-0.05, 0) is 42.5 Å². The van der Waals surface area contributed by atoms with Gasteiger partial charge in [-0.1, -0.05) is 6.08 Å². The van der Waals surface area contributed by atoms with E-state index < -0.39 is 10.0 Å². The third-order valence-corrected chi connectivity index (χ3v) is 3.41. The average molecular weight is 278 g/mol. The summed E-state index contributed by atoms with van der Waals surface area (Å²) in [6.07, 6.45) is 7.90. The van der Waals surface area contributed by atoms with E-state index in [2.05, 4.69) is 0 Å². The van der Waals surface area contributed by atoms with E-state index >= 15 is 0 Å². The summed E-state index contributed by atoms with van der Waals surface area (Å²) < 4.78 is 27.8. The number of ether oxygens (including phenoxy) is 1. The van der Waals surface area contributed by atoms with Crippen LogP contribution in [0.15, 0.2) is 64.9 Å². The van der Waals surface area contributed by atoms with E-state index in [-0.39, 0.29) is 4.90 Å². The highest BCUT2D eigenvalue weighted by atomic mass is 32.2. The van der Waals surface area contributed by atoms with Crippen LogP contribution >= 0.6 is 0 Å². The molecule has 4 N–H and O–H groups in total. The van der Waals surface area contributed by atoms with Crippen molar-refractivity contribution in [3.8, 4) is 5.75 Å². The molecule has 1 aromatic rings. The predicted octanol–water partition coefficient (Wildman–Crippen LogP) is 1.40. The van der Waals surface area contributed by atoms with Gasteiger partial charge in [0.1, 0.15) is 11.5 Å². The number of allylic oxidation sites excluding steroid dienone is 4. The molecule has 2 rings (SSSR count). The smallest absolute Gasteiger partial charge is 0.238 e. The molecule has 0 aliphatic heterocycles. The molecule has 0 fully saturated rings. The molecule has 0 heterocycles. The van der Waals surface area contributed by atoms with Crippen molar-refractivity contribution in [2.45, 2.75) is 11.3 Å².